The maximum atomic E-state index is 13.3. The number of rotatable bonds is 7. The Balaban J connectivity index is 1.41. The molecule has 3 aromatic rings. The highest BCUT2D eigenvalue weighted by Crippen LogP contribution is 2.65. The van der Waals surface area contributed by atoms with Crippen molar-refractivity contribution in [2.24, 2.45) is 5.41 Å². The molecule has 7 rings (SSSR count). The quantitative estimate of drug-likeness (QED) is 0.408. The predicted molar refractivity (Wildman–Crippen MR) is 154 cm³/mol. The molecular formula is C31H35N3O6S. The highest BCUT2D eigenvalue weighted by Gasteiger charge is 2.63. The van der Waals surface area contributed by atoms with Crippen LogP contribution >= 0.6 is 0 Å². The van der Waals surface area contributed by atoms with Gasteiger partial charge in [0.25, 0.3) is 5.91 Å². The summed E-state index contributed by atoms with van der Waals surface area (Å²) in [5.41, 5.74) is 4.31. The van der Waals surface area contributed by atoms with Crippen LogP contribution in [0.2, 0.25) is 0 Å². The molecular weight excluding hydrogens is 542 g/mol. The molecule has 4 aliphatic rings. The summed E-state index contributed by atoms with van der Waals surface area (Å²) in [6, 6.07) is 11.3. The second-order valence-electron chi connectivity index (χ2n) is 12.3. The Kier molecular flexibility index (Phi) is 6.03. The molecule has 0 saturated heterocycles. The van der Waals surface area contributed by atoms with Gasteiger partial charge in [-0.05, 0) is 79.5 Å². The number of carboxylic acid groups (broad SMARTS) is 1. The molecule has 0 spiro atoms. The molecule has 3 fully saturated rings. The average Bonchev–Trinajstić information content (AvgIpc) is 3.89. The van der Waals surface area contributed by atoms with Gasteiger partial charge in [0.2, 0.25) is 0 Å². The van der Waals surface area contributed by atoms with Crippen molar-refractivity contribution in [3.8, 4) is 17.0 Å². The first kappa shape index (κ1) is 26.5. The molecule has 9 nitrogen and oxygen atoms in total. The maximum Gasteiger partial charge on any atom is 0.312 e. The fraction of sp³-hybridized carbons (Fsp3) is 0.484. The summed E-state index contributed by atoms with van der Waals surface area (Å²) in [7, 11) is -0.855. The Labute approximate surface area is 239 Å². The van der Waals surface area contributed by atoms with E-state index in [1.807, 2.05) is 18.2 Å². The van der Waals surface area contributed by atoms with Gasteiger partial charge in [-0.15, -0.1) is 0 Å². The van der Waals surface area contributed by atoms with E-state index < -0.39 is 27.5 Å². The van der Waals surface area contributed by atoms with Gasteiger partial charge in [-0.1, -0.05) is 25.3 Å². The highest BCUT2D eigenvalue weighted by atomic mass is 32.2. The first-order valence-corrected chi connectivity index (χ1v) is 16.0. The highest BCUT2D eigenvalue weighted by molar-refractivity contribution is 7.87. The molecule has 2 atom stereocenters. The van der Waals surface area contributed by atoms with Crippen molar-refractivity contribution in [2.45, 2.75) is 75.8 Å². The number of amides is 1. The molecule has 0 bridgehead atoms. The number of carbonyl (C=O) groups excluding carboxylic acids is 1. The Hall–Kier alpha value is -3.37. The minimum Gasteiger partial charge on any atom is -0.497 e. The second-order valence-corrected chi connectivity index (χ2v) is 14.0. The lowest BCUT2D eigenvalue weighted by Gasteiger charge is -2.24. The largest absolute Gasteiger partial charge is 0.497 e. The summed E-state index contributed by atoms with van der Waals surface area (Å²) >= 11 is 0. The summed E-state index contributed by atoms with van der Waals surface area (Å²) in [5, 5.41) is 11.5. The molecule has 2 aromatic carbocycles. The molecule has 216 valence electrons. The number of methoxy groups -OCH3 is 1. The van der Waals surface area contributed by atoms with Crippen molar-refractivity contribution >= 4 is 33.0 Å². The molecule has 0 radical (unpaired) electrons. The van der Waals surface area contributed by atoms with Crippen LogP contribution in [0.25, 0.3) is 22.2 Å². The van der Waals surface area contributed by atoms with Gasteiger partial charge in [0.05, 0.1) is 18.2 Å². The number of hydrogen-bond donors (Lipinski definition) is 2. The summed E-state index contributed by atoms with van der Waals surface area (Å²) in [5.74, 6) is -0.623. The summed E-state index contributed by atoms with van der Waals surface area (Å²) < 4.78 is 36.7. The van der Waals surface area contributed by atoms with E-state index in [2.05, 4.69) is 15.4 Å². The molecule has 1 aliphatic heterocycles. The van der Waals surface area contributed by atoms with Crippen LogP contribution in [0.4, 0.5) is 0 Å². The van der Waals surface area contributed by atoms with Crippen molar-refractivity contribution in [1.82, 2.24) is 13.6 Å². The molecule has 10 heteroatoms. The van der Waals surface area contributed by atoms with E-state index >= 15 is 0 Å². The predicted octanol–water partition coefficient (Wildman–Crippen LogP) is 5.01. The van der Waals surface area contributed by atoms with Crippen molar-refractivity contribution in [3.63, 3.8) is 0 Å². The molecule has 2 N–H and O–H groups in total. The van der Waals surface area contributed by atoms with Gasteiger partial charge < -0.3 is 14.4 Å². The summed E-state index contributed by atoms with van der Waals surface area (Å²) in [6.07, 6.45) is 7.71. The van der Waals surface area contributed by atoms with Gasteiger partial charge in [0.15, 0.2) is 0 Å². The monoisotopic (exact) mass is 577 g/mol. The number of fused-ring (bicyclic) bond motifs is 7. The lowest BCUT2D eigenvalue weighted by atomic mass is 9.81. The van der Waals surface area contributed by atoms with Gasteiger partial charge in [0.1, 0.15) is 5.75 Å². The fourth-order valence-electron chi connectivity index (χ4n) is 7.30. The molecule has 2 unspecified atom stereocenters. The smallest absolute Gasteiger partial charge is 0.312 e. The zero-order chi connectivity index (χ0) is 28.7. The van der Waals surface area contributed by atoms with Crippen LogP contribution in [-0.4, -0.2) is 54.5 Å². The van der Waals surface area contributed by atoms with Crippen LogP contribution < -0.4 is 9.46 Å². The number of benzene rings is 2. The van der Waals surface area contributed by atoms with Crippen LogP contribution in [0.5, 0.6) is 5.75 Å². The topological polar surface area (TPSA) is 118 Å². The van der Waals surface area contributed by atoms with E-state index in [9.17, 15) is 23.1 Å². The number of carboxylic acids is 1. The standard InChI is InChI=1S/C31H35N3O6S/c1-33(20-9-10-20)41(38,39)32-29(35)19-8-12-23-26(14-19)34-17-31(30(36)37)16-25(31)24-15-21(40-2)11-13-22(24)28(34)27(23)18-6-4-3-5-7-18/h8,11-15,18,20,25H,3-7,9-10,16-17H2,1-2H3,(H,32,35)(H,36,37). The molecule has 2 heterocycles. The Bertz CT molecular complexity index is 1700. The van der Waals surface area contributed by atoms with Gasteiger partial charge in [-0.25, -0.2) is 4.72 Å². The molecule has 3 saturated carbocycles. The van der Waals surface area contributed by atoms with Gasteiger partial charge in [0, 0.05) is 47.6 Å². The van der Waals surface area contributed by atoms with Crippen molar-refractivity contribution in [1.29, 1.82) is 0 Å². The van der Waals surface area contributed by atoms with Crippen molar-refractivity contribution in [2.75, 3.05) is 14.2 Å². The van der Waals surface area contributed by atoms with Crippen LogP contribution in [0.3, 0.4) is 0 Å². The zero-order valence-corrected chi connectivity index (χ0v) is 24.2. The Morgan fingerprint density at radius 3 is 2.51 bits per heavy atom. The molecule has 1 aromatic heterocycles. The van der Waals surface area contributed by atoms with E-state index in [4.69, 9.17) is 4.74 Å². The second kappa shape index (κ2) is 9.32. The number of hydrogen-bond acceptors (Lipinski definition) is 5. The normalized spacial score (nSPS) is 23.8. The number of aromatic nitrogens is 1. The van der Waals surface area contributed by atoms with Crippen LogP contribution in [0, 0.1) is 5.41 Å². The van der Waals surface area contributed by atoms with E-state index in [0.29, 0.717) is 18.1 Å². The molecule has 41 heavy (non-hydrogen) atoms. The van der Waals surface area contributed by atoms with Crippen LogP contribution in [0.15, 0.2) is 36.4 Å². The van der Waals surface area contributed by atoms with E-state index in [1.54, 1.807) is 19.2 Å². The zero-order valence-electron chi connectivity index (χ0n) is 23.4. The number of aliphatic carboxylic acids is 1. The fourth-order valence-corrected chi connectivity index (χ4v) is 8.40. The number of ether oxygens (including phenoxy) is 1. The summed E-state index contributed by atoms with van der Waals surface area (Å²) in [6.45, 7) is 0.288. The minimum absolute atomic E-state index is 0.0698. The lowest BCUT2D eigenvalue weighted by molar-refractivity contribution is -0.144. The van der Waals surface area contributed by atoms with Crippen LogP contribution in [-0.2, 0) is 21.5 Å². The Morgan fingerprint density at radius 1 is 1.07 bits per heavy atom. The first-order valence-electron chi connectivity index (χ1n) is 14.5. The average molecular weight is 578 g/mol. The third kappa shape index (κ3) is 4.17. The number of nitrogens with one attached hydrogen (secondary N) is 1. The third-order valence-electron chi connectivity index (χ3n) is 9.87. The maximum absolute atomic E-state index is 13.3. The molecule has 3 aliphatic carbocycles. The van der Waals surface area contributed by atoms with Crippen molar-refractivity contribution < 1.29 is 27.9 Å². The van der Waals surface area contributed by atoms with E-state index in [0.717, 1.165) is 66.2 Å². The van der Waals surface area contributed by atoms with Crippen molar-refractivity contribution in [3.05, 3.63) is 53.1 Å². The number of carbonyl (C=O) groups is 2. The number of nitrogens with zero attached hydrogens (tertiary/aromatic N) is 2. The van der Waals surface area contributed by atoms with Crippen LogP contribution in [0.1, 0.15) is 84.7 Å². The summed E-state index contributed by atoms with van der Waals surface area (Å²) in [4.78, 5) is 26.0. The Morgan fingerprint density at radius 2 is 1.83 bits per heavy atom. The van der Waals surface area contributed by atoms with E-state index in [-0.39, 0.29) is 24.1 Å². The first-order chi connectivity index (χ1) is 19.6. The minimum atomic E-state index is -3.97. The SMILES string of the molecule is COc1ccc2c(c1)C1CC1(C(=O)O)Cn1c-2c(C2CCCCC2)c2ccc(C(=O)NS(=O)(=O)N(C)C3CC3)cc21. The van der Waals surface area contributed by atoms with Gasteiger partial charge in [-0.3, -0.25) is 9.59 Å². The van der Waals surface area contributed by atoms with Gasteiger partial charge in [-0.2, -0.15) is 12.7 Å². The lowest BCUT2D eigenvalue weighted by Crippen LogP contribution is -2.42. The third-order valence-corrected chi connectivity index (χ3v) is 11.4. The van der Waals surface area contributed by atoms with Gasteiger partial charge >= 0.3 is 16.2 Å². The molecule has 1 amide bonds. The van der Waals surface area contributed by atoms with E-state index in [1.165, 1.54) is 23.3 Å².